The van der Waals surface area contributed by atoms with Gasteiger partial charge < -0.3 is 5.11 Å². The van der Waals surface area contributed by atoms with Crippen LogP contribution in [0, 0.1) is 11.3 Å². The Bertz CT molecular complexity index is 208. The zero-order valence-electron chi connectivity index (χ0n) is 7.71. The van der Waals surface area contributed by atoms with Gasteiger partial charge in [-0.15, -0.1) is 0 Å². The van der Waals surface area contributed by atoms with Gasteiger partial charge in [-0.1, -0.05) is 26.0 Å². The predicted octanol–water partition coefficient (Wildman–Crippen LogP) is 2.45. The third kappa shape index (κ3) is 1.68. The molecule has 0 fully saturated rings. The van der Waals surface area contributed by atoms with Crippen molar-refractivity contribution in [3.8, 4) is 0 Å². The van der Waals surface area contributed by atoms with Crippen molar-refractivity contribution in [2.45, 2.75) is 33.1 Å². The van der Waals surface area contributed by atoms with Crippen LogP contribution >= 0.6 is 0 Å². The van der Waals surface area contributed by atoms with E-state index < -0.39 is 5.97 Å². The number of hydrogen-bond acceptors (Lipinski definition) is 1. The molecule has 2 heteroatoms. The molecule has 12 heavy (non-hydrogen) atoms. The number of carboxylic acids is 1. The van der Waals surface area contributed by atoms with E-state index >= 15 is 0 Å². The molecular weight excluding hydrogens is 152 g/mol. The molecule has 2 atom stereocenters. The van der Waals surface area contributed by atoms with Crippen molar-refractivity contribution in [2.24, 2.45) is 11.3 Å². The highest BCUT2D eigenvalue weighted by Gasteiger charge is 2.33. The SMILES string of the molecule is C[C@@H](C(=O)O)[C@]1(C)C=CCCC1. The number of hydrogen-bond donors (Lipinski definition) is 1. The standard InChI is InChI=1S/C10H16O2/c1-8(9(11)12)10(2)6-4-3-5-7-10/h4,6,8H,3,5,7H2,1-2H3,(H,11,12)/t8-,10+/m0/s1. The van der Waals surface area contributed by atoms with Gasteiger partial charge in [0.2, 0.25) is 0 Å². The monoisotopic (exact) mass is 168 g/mol. The van der Waals surface area contributed by atoms with Crippen molar-refractivity contribution in [1.82, 2.24) is 0 Å². The molecule has 0 aromatic heterocycles. The van der Waals surface area contributed by atoms with Crippen molar-refractivity contribution in [3.63, 3.8) is 0 Å². The van der Waals surface area contributed by atoms with Crippen LogP contribution in [0.4, 0.5) is 0 Å². The van der Waals surface area contributed by atoms with Crippen LogP contribution in [0.2, 0.25) is 0 Å². The lowest BCUT2D eigenvalue weighted by molar-refractivity contribution is -0.144. The summed E-state index contributed by atoms with van der Waals surface area (Å²) < 4.78 is 0. The zero-order chi connectivity index (χ0) is 9.19. The van der Waals surface area contributed by atoms with Crippen molar-refractivity contribution >= 4 is 5.97 Å². The number of carboxylic acid groups (broad SMARTS) is 1. The molecule has 1 aliphatic carbocycles. The van der Waals surface area contributed by atoms with E-state index in [0.717, 1.165) is 19.3 Å². The van der Waals surface area contributed by atoms with E-state index in [4.69, 9.17) is 5.11 Å². The minimum atomic E-state index is -0.691. The first kappa shape index (κ1) is 9.30. The van der Waals surface area contributed by atoms with Crippen LogP contribution in [0.15, 0.2) is 12.2 Å². The van der Waals surface area contributed by atoms with Gasteiger partial charge in [-0.25, -0.2) is 0 Å². The molecule has 0 saturated carbocycles. The molecule has 68 valence electrons. The van der Waals surface area contributed by atoms with Gasteiger partial charge in [0.25, 0.3) is 0 Å². The van der Waals surface area contributed by atoms with E-state index in [9.17, 15) is 4.79 Å². The quantitative estimate of drug-likeness (QED) is 0.643. The molecule has 0 saturated heterocycles. The van der Waals surface area contributed by atoms with Crippen LogP contribution in [-0.4, -0.2) is 11.1 Å². The van der Waals surface area contributed by atoms with Crippen LogP contribution in [0.25, 0.3) is 0 Å². The third-order valence-electron chi connectivity index (χ3n) is 2.94. The average Bonchev–Trinajstić information content (AvgIpc) is 2.04. The summed E-state index contributed by atoms with van der Waals surface area (Å²) in [5.74, 6) is -0.960. The van der Waals surface area contributed by atoms with Crippen LogP contribution < -0.4 is 0 Å². The molecule has 1 rings (SSSR count). The molecule has 0 spiro atoms. The summed E-state index contributed by atoms with van der Waals surface area (Å²) in [6.07, 6.45) is 7.38. The minimum Gasteiger partial charge on any atom is -0.481 e. The summed E-state index contributed by atoms with van der Waals surface area (Å²) in [6, 6.07) is 0. The fraction of sp³-hybridized carbons (Fsp3) is 0.700. The Morgan fingerprint density at radius 3 is 2.75 bits per heavy atom. The lowest BCUT2D eigenvalue weighted by atomic mass is 9.72. The number of aliphatic carboxylic acids is 1. The molecule has 0 radical (unpaired) electrons. The predicted molar refractivity (Wildman–Crippen MR) is 47.9 cm³/mol. The summed E-state index contributed by atoms with van der Waals surface area (Å²) in [6.45, 7) is 3.82. The van der Waals surface area contributed by atoms with E-state index in [0.29, 0.717) is 0 Å². The molecular formula is C10H16O2. The molecule has 0 aromatic rings. The number of carbonyl (C=O) groups is 1. The van der Waals surface area contributed by atoms with Crippen molar-refractivity contribution < 1.29 is 9.90 Å². The molecule has 0 heterocycles. The van der Waals surface area contributed by atoms with E-state index in [2.05, 4.69) is 12.2 Å². The lowest BCUT2D eigenvalue weighted by Crippen LogP contribution is -2.30. The van der Waals surface area contributed by atoms with Gasteiger partial charge >= 0.3 is 5.97 Å². The molecule has 0 amide bonds. The van der Waals surface area contributed by atoms with Gasteiger partial charge in [0.05, 0.1) is 5.92 Å². The minimum absolute atomic E-state index is 0.121. The fourth-order valence-corrected chi connectivity index (χ4v) is 1.68. The maximum Gasteiger partial charge on any atom is 0.307 e. The van der Waals surface area contributed by atoms with Gasteiger partial charge in [-0.3, -0.25) is 4.79 Å². The van der Waals surface area contributed by atoms with Gasteiger partial charge in [0.15, 0.2) is 0 Å². The van der Waals surface area contributed by atoms with Crippen molar-refractivity contribution in [3.05, 3.63) is 12.2 Å². The summed E-state index contributed by atoms with van der Waals surface area (Å²) in [4.78, 5) is 10.8. The molecule has 0 bridgehead atoms. The first-order chi connectivity index (χ1) is 5.56. The zero-order valence-corrected chi connectivity index (χ0v) is 7.71. The van der Waals surface area contributed by atoms with Gasteiger partial charge in [-0.2, -0.15) is 0 Å². The van der Waals surface area contributed by atoms with Gasteiger partial charge in [0.1, 0.15) is 0 Å². The Morgan fingerprint density at radius 1 is 1.67 bits per heavy atom. The van der Waals surface area contributed by atoms with E-state index in [1.807, 2.05) is 6.92 Å². The highest BCUT2D eigenvalue weighted by atomic mass is 16.4. The Hall–Kier alpha value is -0.790. The Balaban J connectivity index is 2.75. The summed E-state index contributed by atoms with van der Waals surface area (Å²) in [7, 11) is 0. The van der Waals surface area contributed by atoms with Crippen LogP contribution in [0.5, 0.6) is 0 Å². The summed E-state index contributed by atoms with van der Waals surface area (Å²) in [5.41, 5.74) is -0.121. The van der Waals surface area contributed by atoms with Crippen molar-refractivity contribution in [2.75, 3.05) is 0 Å². The third-order valence-corrected chi connectivity index (χ3v) is 2.94. The highest BCUT2D eigenvalue weighted by molar-refractivity contribution is 5.71. The van der Waals surface area contributed by atoms with E-state index in [1.54, 1.807) is 6.92 Å². The Labute approximate surface area is 73.3 Å². The molecule has 1 N–H and O–H groups in total. The molecule has 1 aliphatic rings. The second-order valence-electron chi connectivity index (χ2n) is 3.86. The largest absolute Gasteiger partial charge is 0.481 e. The molecule has 2 nitrogen and oxygen atoms in total. The van der Waals surface area contributed by atoms with Crippen LogP contribution in [0.3, 0.4) is 0 Å². The van der Waals surface area contributed by atoms with E-state index in [1.165, 1.54) is 0 Å². The van der Waals surface area contributed by atoms with Crippen LogP contribution in [0.1, 0.15) is 33.1 Å². The smallest absolute Gasteiger partial charge is 0.307 e. The van der Waals surface area contributed by atoms with Crippen molar-refractivity contribution in [1.29, 1.82) is 0 Å². The number of rotatable bonds is 2. The average molecular weight is 168 g/mol. The van der Waals surface area contributed by atoms with Crippen LogP contribution in [-0.2, 0) is 4.79 Å². The number of allylic oxidation sites excluding steroid dienone is 2. The molecule has 0 aliphatic heterocycles. The first-order valence-electron chi connectivity index (χ1n) is 4.47. The van der Waals surface area contributed by atoms with Gasteiger partial charge in [0, 0.05) is 0 Å². The molecule has 0 unspecified atom stereocenters. The Kier molecular flexibility index (Phi) is 2.55. The normalized spacial score (nSPS) is 31.5. The topological polar surface area (TPSA) is 37.3 Å². The highest BCUT2D eigenvalue weighted by Crippen LogP contribution is 2.37. The lowest BCUT2D eigenvalue weighted by Gasteiger charge is -2.32. The Morgan fingerprint density at radius 2 is 2.33 bits per heavy atom. The maximum absolute atomic E-state index is 10.8. The molecule has 0 aromatic carbocycles. The van der Waals surface area contributed by atoms with E-state index in [-0.39, 0.29) is 11.3 Å². The van der Waals surface area contributed by atoms with Gasteiger partial charge in [-0.05, 0) is 24.7 Å². The second kappa shape index (κ2) is 3.30. The first-order valence-corrected chi connectivity index (χ1v) is 4.47. The summed E-state index contributed by atoms with van der Waals surface area (Å²) >= 11 is 0. The fourth-order valence-electron chi connectivity index (χ4n) is 1.68. The maximum atomic E-state index is 10.8. The second-order valence-corrected chi connectivity index (χ2v) is 3.86. The summed E-state index contributed by atoms with van der Waals surface area (Å²) in [5, 5.41) is 8.87.